The molecule has 11 heteroatoms. The molecule has 2 aromatic rings. The van der Waals surface area contributed by atoms with E-state index < -0.39 is 29.6 Å². The van der Waals surface area contributed by atoms with E-state index in [-0.39, 0.29) is 17.2 Å². The molecule has 0 bridgehead atoms. The van der Waals surface area contributed by atoms with Crippen LogP contribution in [0.15, 0.2) is 22.7 Å². The van der Waals surface area contributed by atoms with Crippen LogP contribution in [0, 0.1) is 5.82 Å². The van der Waals surface area contributed by atoms with Crippen molar-refractivity contribution in [3.05, 3.63) is 29.7 Å². The number of anilines is 2. The summed E-state index contributed by atoms with van der Waals surface area (Å²) in [6, 6.07) is 1.65. The van der Waals surface area contributed by atoms with Crippen LogP contribution in [-0.2, 0) is 6.18 Å². The minimum absolute atomic E-state index is 0.0659. The van der Waals surface area contributed by atoms with Gasteiger partial charge in [0, 0.05) is 18.2 Å². The highest BCUT2D eigenvalue weighted by atomic mass is 19.4. The Balaban J connectivity index is 2.12. The molecule has 0 aliphatic rings. The SMILES string of the molecule is COc1cc(OC)c(NC(=O)Nc2cc(C(F)(F)F)no2)cc1F. The highest BCUT2D eigenvalue weighted by Gasteiger charge is 2.35. The number of hydrogen-bond donors (Lipinski definition) is 2. The molecule has 1 aromatic carbocycles. The van der Waals surface area contributed by atoms with E-state index in [2.05, 4.69) is 15.0 Å². The van der Waals surface area contributed by atoms with E-state index in [1.165, 1.54) is 20.3 Å². The summed E-state index contributed by atoms with van der Waals surface area (Å²) in [4.78, 5) is 11.8. The van der Waals surface area contributed by atoms with Gasteiger partial charge >= 0.3 is 12.2 Å². The molecule has 2 rings (SSSR count). The average molecular weight is 349 g/mol. The van der Waals surface area contributed by atoms with Gasteiger partial charge in [0.2, 0.25) is 5.88 Å². The molecule has 0 atom stereocenters. The van der Waals surface area contributed by atoms with E-state index in [0.717, 1.165) is 6.07 Å². The number of nitrogens with one attached hydrogen (secondary N) is 2. The lowest BCUT2D eigenvalue weighted by Gasteiger charge is -2.12. The van der Waals surface area contributed by atoms with Crippen molar-refractivity contribution < 1.29 is 36.4 Å². The lowest BCUT2D eigenvalue weighted by Crippen LogP contribution is -2.19. The van der Waals surface area contributed by atoms with Gasteiger partial charge in [-0.05, 0) is 0 Å². The number of methoxy groups -OCH3 is 2. The number of urea groups is 1. The van der Waals surface area contributed by atoms with Crippen LogP contribution in [0.5, 0.6) is 11.5 Å². The predicted octanol–water partition coefficient (Wildman–Crippen LogP) is 3.49. The molecule has 0 aliphatic carbocycles. The van der Waals surface area contributed by atoms with E-state index >= 15 is 0 Å². The highest BCUT2D eigenvalue weighted by Crippen LogP contribution is 2.32. The van der Waals surface area contributed by atoms with Gasteiger partial charge < -0.3 is 19.3 Å². The number of ether oxygens (including phenoxy) is 2. The largest absolute Gasteiger partial charge is 0.494 e. The van der Waals surface area contributed by atoms with Crippen LogP contribution in [0.2, 0.25) is 0 Å². The second-order valence-electron chi connectivity index (χ2n) is 4.34. The van der Waals surface area contributed by atoms with E-state index in [4.69, 9.17) is 9.47 Å². The number of amides is 2. The van der Waals surface area contributed by atoms with Crippen molar-refractivity contribution in [1.82, 2.24) is 5.16 Å². The molecule has 1 aromatic heterocycles. The summed E-state index contributed by atoms with van der Waals surface area (Å²) in [6.45, 7) is 0. The van der Waals surface area contributed by atoms with Crippen molar-refractivity contribution in [2.45, 2.75) is 6.18 Å². The fraction of sp³-hybridized carbons (Fsp3) is 0.231. The average Bonchev–Trinajstić information content (AvgIpc) is 2.96. The first-order valence-electron chi connectivity index (χ1n) is 6.28. The molecular formula is C13H11F4N3O4. The fourth-order valence-electron chi connectivity index (χ4n) is 1.69. The number of nitrogens with zero attached hydrogens (tertiary/aromatic N) is 1. The lowest BCUT2D eigenvalue weighted by atomic mass is 10.2. The van der Waals surface area contributed by atoms with Gasteiger partial charge in [-0.2, -0.15) is 13.2 Å². The van der Waals surface area contributed by atoms with Crippen molar-refractivity contribution in [3.63, 3.8) is 0 Å². The van der Waals surface area contributed by atoms with Gasteiger partial charge in [-0.1, -0.05) is 5.16 Å². The molecule has 0 saturated heterocycles. The van der Waals surface area contributed by atoms with Crippen LogP contribution in [0.1, 0.15) is 5.69 Å². The van der Waals surface area contributed by atoms with Gasteiger partial charge in [-0.3, -0.25) is 5.32 Å². The minimum atomic E-state index is -4.71. The maximum absolute atomic E-state index is 13.7. The van der Waals surface area contributed by atoms with Crippen LogP contribution in [0.25, 0.3) is 0 Å². The van der Waals surface area contributed by atoms with E-state index in [0.29, 0.717) is 6.07 Å². The van der Waals surface area contributed by atoms with E-state index in [1.807, 2.05) is 5.32 Å². The molecule has 0 radical (unpaired) electrons. The van der Waals surface area contributed by atoms with Gasteiger partial charge in [-0.25, -0.2) is 9.18 Å². The molecule has 0 aliphatic heterocycles. The maximum atomic E-state index is 13.7. The van der Waals surface area contributed by atoms with Crippen molar-refractivity contribution in [3.8, 4) is 11.5 Å². The Bertz CT molecular complexity index is 745. The molecule has 1 heterocycles. The molecule has 130 valence electrons. The van der Waals surface area contributed by atoms with Crippen LogP contribution in [-0.4, -0.2) is 25.4 Å². The Morgan fingerprint density at radius 1 is 1.12 bits per heavy atom. The summed E-state index contributed by atoms with van der Waals surface area (Å²) in [5, 5.41) is 6.98. The number of halogens is 4. The summed E-state index contributed by atoms with van der Waals surface area (Å²) < 4.78 is 64.9. The highest BCUT2D eigenvalue weighted by molar-refractivity contribution is 6.00. The summed E-state index contributed by atoms with van der Waals surface area (Å²) in [7, 11) is 2.53. The Morgan fingerprint density at radius 2 is 1.79 bits per heavy atom. The Hall–Kier alpha value is -2.98. The van der Waals surface area contributed by atoms with Gasteiger partial charge in [0.05, 0.1) is 19.9 Å². The fourth-order valence-corrected chi connectivity index (χ4v) is 1.69. The van der Waals surface area contributed by atoms with Crippen LogP contribution < -0.4 is 20.1 Å². The number of rotatable bonds is 4. The van der Waals surface area contributed by atoms with Crippen molar-refractivity contribution >= 4 is 17.6 Å². The van der Waals surface area contributed by atoms with Crippen LogP contribution in [0.4, 0.5) is 33.9 Å². The van der Waals surface area contributed by atoms with Gasteiger partial charge in [0.1, 0.15) is 5.75 Å². The van der Waals surface area contributed by atoms with Crippen LogP contribution >= 0.6 is 0 Å². The maximum Gasteiger partial charge on any atom is 0.436 e. The molecule has 0 unspecified atom stereocenters. The second-order valence-corrected chi connectivity index (χ2v) is 4.34. The summed E-state index contributed by atoms with van der Waals surface area (Å²) in [6.07, 6.45) is -4.71. The lowest BCUT2D eigenvalue weighted by molar-refractivity contribution is -0.142. The third-order valence-electron chi connectivity index (χ3n) is 2.76. The summed E-state index contributed by atoms with van der Waals surface area (Å²) >= 11 is 0. The third-order valence-corrected chi connectivity index (χ3v) is 2.76. The molecule has 0 fully saturated rings. The number of aromatic nitrogens is 1. The summed E-state index contributed by atoms with van der Waals surface area (Å²) in [5.41, 5.74) is -1.37. The molecule has 7 nitrogen and oxygen atoms in total. The number of benzene rings is 1. The van der Waals surface area contributed by atoms with Crippen molar-refractivity contribution in [1.29, 1.82) is 0 Å². The first-order valence-corrected chi connectivity index (χ1v) is 6.28. The summed E-state index contributed by atoms with van der Waals surface area (Å²) in [5.74, 6) is -1.33. The number of alkyl halides is 3. The number of carbonyl (C=O) groups is 1. The topological polar surface area (TPSA) is 85.6 Å². The normalized spacial score (nSPS) is 11.1. The molecule has 0 spiro atoms. The quantitative estimate of drug-likeness (QED) is 0.826. The van der Waals surface area contributed by atoms with Gasteiger partial charge in [0.15, 0.2) is 17.3 Å². The molecular weight excluding hydrogens is 338 g/mol. The standard InChI is InChI=1S/C13H11F4N3O4/c1-22-8-4-9(23-2)7(3-6(8)14)18-12(21)19-11-5-10(20-24-11)13(15,16)17/h3-5H,1-2H3,(H2,18,19,21). The van der Waals surface area contributed by atoms with E-state index in [9.17, 15) is 22.4 Å². The zero-order valence-corrected chi connectivity index (χ0v) is 12.3. The second kappa shape index (κ2) is 6.64. The van der Waals surface area contributed by atoms with Crippen LogP contribution in [0.3, 0.4) is 0 Å². The third kappa shape index (κ3) is 3.86. The molecule has 2 amide bonds. The first-order chi connectivity index (χ1) is 11.2. The van der Waals surface area contributed by atoms with Gasteiger partial charge in [0.25, 0.3) is 0 Å². The molecule has 24 heavy (non-hydrogen) atoms. The van der Waals surface area contributed by atoms with Crippen molar-refractivity contribution in [2.75, 3.05) is 24.9 Å². The number of carbonyl (C=O) groups excluding carboxylic acids is 1. The zero-order valence-electron chi connectivity index (χ0n) is 12.3. The zero-order chi connectivity index (χ0) is 17.9. The predicted molar refractivity (Wildman–Crippen MR) is 73.7 cm³/mol. The number of hydrogen-bond acceptors (Lipinski definition) is 5. The monoisotopic (exact) mass is 349 g/mol. The van der Waals surface area contributed by atoms with E-state index in [1.54, 1.807) is 0 Å². The smallest absolute Gasteiger partial charge is 0.436 e. The van der Waals surface area contributed by atoms with Gasteiger partial charge in [-0.15, -0.1) is 0 Å². The molecule has 2 N–H and O–H groups in total. The molecule has 0 saturated carbocycles. The Morgan fingerprint density at radius 3 is 2.33 bits per heavy atom. The minimum Gasteiger partial charge on any atom is -0.494 e. The van der Waals surface area contributed by atoms with Crippen molar-refractivity contribution in [2.24, 2.45) is 0 Å². The Labute approximate surface area is 132 Å². The first kappa shape index (κ1) is 17.4. The Kier molecular flexibility index (Phi) is 4.81.